The molecule has 0 aliphatic heterocycles. The summed E-state index contributed by atoms with van der Waals surface area (Å²) in [6, 6.07) is 0. The Morgan fingerprint density at radius 2 is 1.71 bits per heavy atom. The van der Waals surface area contributed by atoms with Crippen LogP contribution in [0.15, 0.2) is 10.7 Å². The molecular weight excluding hydrogens is 398 g/mol. The van der Waals surface area contributed by atoms with Gasteiger partial charge in [-0.05, 0) is 33.1 Å². The summed E-state index contributed by atoms with van der Waals surface area (Å²) in [5.74, 6) is 0.181. The average Bonchev–Trinajstić information content (AvgIpc) is 3.24. The molecule has 0 aliphatic rings. The summed E-state index contributed by atoms with van der Waals surface area (Å²) >= 11 is 0. The van der Waals surface area contributed by atoms with Crippen molar-refractivity contribution in [3.8, 4) is 0 Å². The van der Waals surface area contributed by atoms with Gasteiger partial charge in [-0.25, -0.2) is 4.98 Å². The zero-order chi connectivity index (χ0) is 22.7. The quantitative estimate of drug-likeness (QED) is 0.328. The first-order chi connectivity index (χ1) is 15.1. The highest BCUT2D eigenvalue weighted by molar-refractivity contribution is 5.91. The Kier molecular flexibility index (Phi) is 15.5. The summed E-state index contributed by atoms with van der Waals surface area (Å²) in [5.41, 5.74) is 0.229. The van der Waals surface area contributed by atoms with Crippen LogP contribution in [0.4, 0.5) is 0 Å². The number of aromatic nitrogens is 1. The fourth-order valence-electron chi connectivity index (χ4n) is 3.09. The Morgan fingerprint density at radius 3 is 2.42 bits per heavy atom. The molecule has 31 heavy (non-hydrogen) atoms. The number of carbonyl (C=O) groups is 2. The van der Waals surface area contributed by atoms with E-state index in [2.05, 4.69) is 17.2 Å². The molecule has 1 aromatic heterocycles. The fourth-order valence-corrected chi connectivity index (χ4v) is 3.09. The highest BCUT2D eigenvalue weighted by Crippen LogP contribution is 2.11. The topological polar surface area (TPSA) is 93.9 Å². The normalized spacial score (nSPS) is 10.9. The minimum atomic E-state index is -0.281. The number of nitrogens with zero attached hydrogens (tertiary/aromatic N) is 2. The fraction of sp³-hybridized carbons (Fsp3) is 0.783. The summed E-state index contributed by atoms with van der Waals surface area (Å²) in [6.07, 6.45) is 8.88. The van der Waals surface area contributed by atoms with Gasteiger partial charge in [-0.1, -0.05) is 32.6 Å². The number of carbonyl (C=O) groups excluding carboxylic acids is 2. The number of ether oxygens (including phenoxy) is 2. The van der Waals surface area contributed by atoms with Crippen LogP contribution in [0.3, 0.4) is 0 Å². The van der Waals surface area contributed by atoms with Gasteiger partial charge >= 0.3 is 0 Å². The van der Waals surface area contributed by atoms with E-state index in [1.807, 2.05) is 13.8 Å². The Balaban J connectivity index is 2.54. The molecule has 0 saturated heterocycles. The number of amides is 2. The number of nitrogens with one attached hydrogen (secondary N) is 1. The monoisotopic (exact) mass is 439 g/mol. The lowest BCUT2D eigenvalue weighted by Crippen LogP contribution is -2.32. The van der Waals surface area contributed by atoms with E-state index in [4.69, 9.17) is 13.9 Å². The third-order valence-electron chi connectivity index (χ3n) is 4.83. The highest BCUT2D eigenvalue weighted by Gasteiger charge is 2.18. The zero-order valence-corrected chi connectivity index (χ0v) is 19.6. The van der Waals surface area contributed by atoms with E-state index >= 15 is 0 Å². The van der Waals surface area contributed by atoms with Crippen molar-refractivity contribution in [1.29, 1.82) is 0 Å². The van der Waals surface area contributed by atoms with Gasteiger partial charge in [0.25, 0.3) is 5.91 Å². The van der Waals surface area contributed by atoms with Gasteiger partial charge < -0.3 is 24.1 Å². The van der Waals surface area contributed by atoms with Crippen LogP contribution < -0.4 is 5.32 Å². The molecule has 1 N–H and O–H groups in total. The van der Waals surface area contributed by atoms with E-state index in [1.165, 1.54) is 19.1 Å². The van der Waals surface area contributed by atoms with Crippen LogP contribution in [0, 0.1) is 0 Å². The van der Waals surface area contributed by atoms with Crippen molar-refractivity contribution in [1.82, 2.24) is 15.2 Å². The average molecular weight is 440 g/mol. The smallest absolute Gasteiger partial charge is 0.273 e. The molecule has 178 valence electrons. The van der Waals surface area contributed by atoms with Gasteiger partial charge in [-0.3, -0.25) is 9.59 Å². The van der Waals surface area contributed by atoms with Crippen LogP contribution in [-0.2, 0) is 20.8 Å². The van der Waals surface area contributed by atoms with Gasteiger partial charge in [-0.15, -0.1) is 0 Å². The number of hydrogen-bond donors (Lipinski definition) is 1. The van der Waals surface area contributed by atoms with Crippen LogP contribution in [0.5, 0.6) is 0 Å². The summed E-state index contributed by atoms with van der Waals surface area (Å²) in [6.45, 7) is 9.97. The standard InChI is InChI=1S/C23H41N3O5/c1-4-7-8-9-10-13-22(27)26(15-12-17-30-6-3)18-21-25-20(19-31-21)23(28)24-14-11-16-29-5-2/h19H,4-18H2,1-3H3,(H,24,28). The molecule has 1 heterocycles. The number of hydrogen-bond acceptors (Lipinski definition) is 6. The first kappa shape index (κ1) is 27.1. The first-order valence-electron chi connectivity index (χ1n) is 11.8. The van der Waals surface area contributed by atoms with E-state index < -0.39 is 0 Å². The molecule has 0 radical (unpaired) electrons. The van der Waals surface area contributed by atoms with Crippen molar-refractivity contribution >= 4 is 11.8 Å². The zero-order valence-electron chi connectivity index (χ0n) is 19.6. The minimum Gasteiger partial charge on any atom is -0.446 e. The van der Waals surface area contributed by atoms with Crippen molar-refractivity contribution in [3.63, 3.8) is 0 Å². The van der Waals surface area contributed by atoms with E-state index in [9.17, 15) is 9.59 Å². The third kappa shape index (κ3) is 12.5. The molecule has 0 bridgehead atoms. The van der Waals surface area contributed by atoms with Crippen molar-refractivity contribution in [3.05, 3.63) is 17.8 Å². The van der Waals surface area contributed by atoms with Crippen LogP contribution in [0.1, 0.15) is 88.5 Å². The molecule has 2 amide bonds. The molecule has 1 rings (SSSR count). The van der Waals surface area contributed by atoms with Gasteiger partial charge in [0.15, 0.2) is 5.69 Å². The lowest BCUT2D eigenvalue weighted by atomic mass is 10.1. The molecule has 1 aromatic rings. The molecule has 0 fully saturated rings. The Hall–Kier alpha value is -1.93. The number of oxazole rings is 1. The summed E-state index contributed by atoms with van der Waals surface area (Å²) in [7, 11) is 0. The Bertz CT molecular complexity index is 606. The van der Waals surface area contributed by atoms with Crippen LogP contribution in [0.25, 0.3) is 0 Å². The first-order valence-corrected chi connectivity index (χ1v) is 11.8. The predicted octanol–water partition coefficient (Wildman–Crippen LogP) is 3.95. The van der Waals surface area contributed by atoms with Crippen LogP contribution >= 0.6 is 0 Å². The lowest BCUT2D eigenvalue weighted by Gasteiger charge is -2.21. The molecule has 0 unspecified atom stereocenters. The molecule has 0 aromatic carbocycles. The molecule has 8 nitrogen and oxygen atoms in total. The summed E-state index contributed by atoms with van der Waals surface area (Å²) < 4.78 is 16.1. The minimum absolute atomic E-state index is 0.0909. The lowest BCUT2D eigenvalue weighted by molar-refractivity contribution is -0.132. The van der Waals surface area contributed by atoms with E-state index in [0.717, 1.165) is 32.1 Å². The Morgan fingerprint density at radius 1 is 1.00 bits per heavy atom. The molecule has 0 saturated carbocycles. The second-order valence-electron chi connectivity index (χ2n) is 7.46. The van der Waals surface area contributed by atoms with Crippen molar-refractivity contribution in [2.24, 2.45) is 0 Å². The van der Waals surface area contributed by atoms with Gasteiger partial charge in [0.05, 0.1) is 6.54 Å². The molecule has 8 heteroatoms. The number of unbranched alkanes of at least 4 members (excludes halogenated alkanes) is 4. The summed E-state index contributed by atoms with van der Waals surface area (Å²) in [4.78, 5) is 31.0. The van der Waals surface area contributed by atoms with E-state index in [-0.39, 0.29) is 24.1 Å². The maximum atomic E-state index is 12.7. The van der Waals surface area contributed by atoms with Crippen molar-refractivity contribution in [2.75, 3.05) is 39.5 Å². The maximum absolute atomic E-state index is 12.7. The van der Waals surface area contributed by atoms with Gasteiger partial charge in [0.1, 0.15) is 6.26 Å². The molecule has 0 spiro atoms. The van der Waals surface area contributed by atoms with Gasteiger partial charge in [0.2, 0.25) is 11.8 Å². The Labute approximate surface area is 187 Å². The predicted molar refractivity (Wildman–Crippen MR) is 120 cm³/mol. The molecule has 0 atom stereocenters. The van der Waals surface area contributed by atoms with Gasteiger partial charge in [0, 0.05) is 45.9 Å². The third-order valence-corrected chi connectivity index (χ3v) is 4.83. The van der Waals surface area contributed by atoms with Crippen LogP contribution in [-0.4, -0.2) is 61.2 Å². The SMILES string of the molecule is CCCCCCCC(=O)N(CCCOCC)Cc1nc(C(=O)NCCCOCC)co1. The van der Waals surface area contributed by atoms with Crippen LogP contribution in [0.2, 0.25) is 0 Å². The van der Waals surface area contributed by atoms with Gasteiger partial charge in [-0.2, -0.15) is 0 Å². The largest absolute Gasteiger partial charge is 0.446 e. The maximum Gasteiger partial charge on any atom is 0.273 e. The summed E-state index contributed by atoms with van der Waals surface area (Å²) in [5, 5.41) is 2.80. The van der Waals surface area contributed by atoms with E-state index in [0.29, 0.717) is 51.8 Å². The van der Waals surface area contributed by atoms with E-state index in [1.54, 1.807) is 4.90 Å². The van der Waals surface area contributed by atoms with Crippen molar-refractivity contribution < 1.29 is 23.5 Å². The second-order valence-corrected chi connectivity index (χ2v) is 7.46. The molecular formula is C23H41N3O5. The number of rotatable bonds is 19. The highest BCUT2D eigenvalue weighted by atomic mass is 16.5. The second kappa shape index (κ2) is 17.7. The molecule has 0 aliphatic carbocycles. The van der Waals surface area contributed by atoms with Crippen molar-refractivity contribution in [2.45, 2.75) is 78.7 Å².